The highest BCUT2D eigenvalue weighted by Crippen LogP contribution is 2.21. The average molecular weight is 331 g/mol. The van der Waals surface area contributed by atoms with Gasteiger partial charge in [-0.05, 0) is 54.8 Å². The van der Waals surface area contributed by atoms with E-state index in [1.54, 1.807) is 17.4 Å². The highest BCUT2D eigenvalue weighted by molar-refractivity contribution is 7.09. The summed E-state index contributed by atoms with van der Waals surface area (Å²) in [6, 6.07) is 8.54. The summed E-state index contributed by atoms with van der Waals surface area (Å²) in [5.41, 5.74) is 2.56. The van der Waals surface area contributed by atoms with E-state index in [4.69, 9.17) is 0 Å². The molecule has 0 bridgehead atoms. The normalized spacial score (nSPS) is 11.9. The van der Waals surface area contributed by atoms with E-state index < -0.39 is 12.0 Å². The van der Waals surface area contributed by atoms with Crippen molar-refractivity contribution in [3.63, 3.8) is 0 Å². The van der Waals surface area contributed by atoms with Gasteiger partial charge in [0.1, 0.15) is 0 Å². The lowest BCUT2D eigenvalue weighted by atomic mass is 9.97. The number of hydrogen-bond donors (Lipinski definition) is 2. The number of carbonyl (C=O) groups excluding carboxylic acids is 1. The molecule has 2 rings (SSSR count). The minimum atomic E-state index is -1.04. The maximum Gasteiger partial charge on any atom is 0.330 e. The smallest absolute Gasteiger partial charge is 0.330 e. The number of rotatable bonds is 7. The molecule has 1 aromatic carbocycles. The Morgan fingerprint density at radius 3 is 2.65 bits per heavy atom. The van der Waals surface area contributed by atoms with Crippen LogP contribution in [-0.4, -0.2) is 17.0 Å². The second-order valence-electron chi connectivity index (χ2n) is 5.56. The Morgan fingerprint density at radius 1 is 1.22 bits per heavy atom. The van der Waals surface area contributed by atoms with Gasteiger partial charge in [0.15, 0.2) is 6.04 Å². The fourth-order valence-corrected chi connectivity index (χ4v) is 3.22. The first-order valence-electron chi connectivity index (χ1n) is 7.59. The molecule has 1 aromatic heterocycles. The molecule has 2 aromatic rings. The maximum absolute atomic E-state index is 12.1. The maximum atomic E-state index is 12.1. The highest BCUT2D eigenvalue weighted by atomic mass is 32.1. The number of carbonyl (C=O) groups is 2. The zero-order valence-electron chi connectivity index (χ0n) is 13.3. The third kappa shape index (κ3) is 4.66. The van der Waals surface area contributed by atoms with Crippen molar-refractivity contribution in [1.29, 1.82) is 0 Å². The van der Waals surface area contributed by atoms with E-state index in [1.807, 2.05) is 43.5 Å². The lowest BCUT2D eigenvalue weighted by Crippen LogP contribution is -2.34. The van der Waals surface area contributed by atoms with Crippen LogP contribution in [0.1, 0.15) is 40.5 Å². The molecule has 0 aliphatic carbocycles. The molecule has 0 fully saturated rings. The van der Waals surface area contributed by atoms with Crippen molar-refractivity contribution in [3.8, 4) is 0 Å². The molecular formula is C18H21NO3S. The second kappa shape index (κ2) is 7.92. The predicted octanol–water partition coefficient (Wildman–Crippen LogP) is 3.63. The fraction of sp³-hybridized carbons (Fsp3) is 0.333. The van der Waals surface area contributed by atoms with E-state index in [-0.39, 0.29) is 5.91 Å². The highest BCUT2D eigenvalue weighted by Gasteiger charge is 2.23. The summed E-state index contributed by atoms with van der Waals surface area (Å²) in [6.45, 7) is 3.81. The second-order valence-corrected chi connectivity index (χ2v) is 6.59. The van der Waals surface area contributed by atoms with E-state index in [0.717, 1.165) is 17.5 Å². The minimum Gasteiger partial charge on any atom is -0.479 e. The molecule has 1 atom stereocenters. The number of aryl methyl sites for hydroxylation is 2. The summed E-state index contributed by atoms with van der Waals surface area (Å²) in [5.74, 6) is -1.26. The molecule has 0 saturated carbocycles. The van der Waals surface area contributed by atoms with Crippen molar-refractivity contribution >= 4 is 23.2 Å². The molecule has 1 heterocycles. The summed E-state index contributed by atoms with van der Waals surface area (Å²) in [5, 5.41) is 14.1. The summed E-state index contributed by atoms with van der Waals surface area (Å²) >= 11 is 1.67. The summed E-state index contributed by atoms with van der Waals surface area (Å²) in [6.07, 6.45) is 1.88. The molecule has 0 saturated heterocycles. The first kappa shape index (κ1) is 17.2. The van der Waals surface area contributed by atoms with Crippen LogP contribution in [0.15, 0.2) is 35.7 Å². The quantitative estimate of drug-likeness (QED) is 0.814. The number of benzene rings is 1. The van der Waals surface area contributed by atoms with Crippen molar-refractivity contribution in [2.45, 2.75) is 39.2 Å². The van der Waals surface area contributed by atoms with Gasteiger partial charge in [-0.2, -0.15) is 0 Å². The van der Waals surface area contributed by atoms with Crippen LogP contribution in [0.2, 0.25) is 0 Å². The third-order valence-electron chi connectivity index (χ3n) is 3.92. The third-order valence-corrected chi connectivity index (χ3v) is 4.85. The lowest BCUT2D eigenvalue weighted by Gasteiger charge is -2.18. The molecule has 0 radical (unpaired) electrons. The van der Waals surface area contributed by atoms with Crippen LogP contribution in [0.5, 0.6) is 0 Å². The topological polar surface area (TPSA) is 66.4 Å². The lowest BCUT2D eigenvalue weighted by molar-refractivity contribution is -0.142. The van der Waals surface area contributed by atoms with Gasteiger partial charge in [-0.25, -0.2) is 4.79 Å². The number of nitrogens with one attached hydrogen (secondary N) is 1. The minimum absolute atomic E-state index is 0.227. The Morgan fingerprint density at radius 2 is 2.00 bits per heavy atom. The van der Waals surface area contributed by atoms with Crippen LogP contribution >= 0.6 is 11.3 Å². The van der Waals surface area contributed by atoms with Gasteiger partial charge in [0.05, 0.1) is 0 Å². The number of carboxylic acid groups (broad SMARTS) is 1. The molecule has 5 heteroatoms. The molecule has 1 unspecified atom stereocenters. The Balaban J connectivity index is 1.97. The summed E-state index contributed by atoms with van der Waals surface area (Å²) in [4.78, 5) is 24.9. The van der Waals surface area contributed by atoms with E-state index in [2.05, 4.69) is 5.32 Å². The van der Waals surface area contributed by atoms with Gasteiger partial charge in [-0.15, -0.1) is 11.3 Å². The molecule has 2 N–H and O–H groups in total. The van der Waals surface area contributed by atoms with Gasteiger partial charge >= 0.3 is 5.97 Å². The Labute approximate surface area is 140 Å². The number of aliphatic carboxylic acids is 1. The van der Waals surface area contributed by atoms with Gasteiger partial charge in [-0.1, -0.05) is 24.3 Å². The van der Waals surface area contributed by atoms with Crippen LogP contribution in [0.25, 0.3) is 0 Å². The first-order chi connectivity index (χ1) is 11.0. The Bertz CT molecular complexity index is 680. The summed E-state index contributed by atoms with van der Waals surface area (Å²) < 4.78 is 0. The monoisotopic (exact) mass is 331 g/mol. The van der Waals surface area contributed by atoms with E-state index in [9.17, 15) is 14.7 Å². The number of amides is 1. The van der Waals surface area contributed by atoms with Crippen LogP contribution < -0.4 is 5.32 Å². The largest absolute Gasteiger partial charge is 0.479 e. The van der Waals surface area contributed by atoms with Gasteiger partial charge < -0.3 is 10.4 Å². The van der Waals surface area contributed by atoms with Crippen LogP contribution in [-0.2, 0) is 16.0 Å². The molecular weight excluding hydrogens is 310 g/mol. The zero-order chi connectivity index (χ0) is 16.8. The van der Waals surface area contributed by atoms with E-state index >= 15 is 0 Å². The number of carboxylic acids is 1. The molecule has 0 spiro atoms. The van der Waals surface area contributed by atoms with Crippen LogP contribution in [0.4, 0.5) is 0 Å². The van der Waals surface area contributed by atoms with Crippen molar-refractivity contribution < 1.29 is 14.7 Å². The van der Waals surface area contributed by atoms with Gasteiger partial charge in [-0.3, -0.25) is 4.79 Å². The number of thiophene rings is 1. The summed E-state index contributed by atoms with van der Waals surface area (Å²) in [7, 11) is 0. The van der Waals surface area contributed by atoms with Crippen molar-refractivity contribution in [2.24, 2.45) is 0 Å². The predicted molar refractivity (Wildman–Crippen MR) is 91.7 cm³/mol. The molecule has 0 aliphatic heterocycles. The van der Waals surface area contributed by atoms with Gasteiger partial charge in [0.25, 0.3) is 0 Å². The van der Waals surface area contributed by atoms with Crippen molar-refractivity contribution in [3.05, 3.63) is 57.3 Å². The van der Waals surface area contributed by atoms with E-state index in [0.29, 0.717) is 18.4 Å². The fourth-order valence-electron chi connectivity index (χ4n) is 2.47. The molecule has 122 valence electrons. The van der Waals surface area contributed by atoms with Gasteiger partial charge in [0.2, 0.25) is 5.91 Å². The van der Waals surface area contributed by atoms with Crippen molar-refractivity contribution in [2.75, 3.05) is 0 Å². The standard InChI is InChI=1S/C18H21NO3S/c1-12-6-3-9-15(13(12)2)17(18(21)22)19-16(20)10-4-7-14-8-5-11-23-14/h3,5-6,8-9,11,17H,4,7,10H2,1-2H3,(H,19,20)(H,21,22). The van der Waals surface area contributed by atoms with E-state index in [1.165, 1.54) is 4.88 Å². The van der Waals surface area contributed by atoms with Crippen molar-refractivity contribution in [1.82, 2.24) is 5.32 Å². The molecule has 4 nitrogen and oxygen atoms in total. The van der Waals surface area contributed by atoms with Gasteiger partial charge in [0, 0.05) is 11.3 Å². The first-order valence-corrected chi connectivity index (χ1v) is 8.47. The zero-order valence-corrected chi connectivity index (χ0v) is 14.2. The Kier molecular flexibility index (Phi) is 5.93. The molecule has 1 amide bonds. The number of hydrogen-bond acceptors (Lipinski definition) is 3. The Hall–Kier alpha value is -2.14. The SMILES string of the molecule is Cc1cccc(C(NC(=O)CCCc2cccs2)C(=O)O)c1C. The molecule has 0 aliphatic rings. The molecule has 23 heavy (non-hydrogen) atoms. The van der Waals surface area contributed by atoms with Crippen LogP contribution in [0, 0.1) is 13.8 Å². The van der Waals surface area contributed by atoms with Crippen LogP contribution in [0.3, 0.4) is 0 Å². The average Bonchev–Trinajstić information content (AvgIpc) is 3.01.